The molecule has 31 heavy (non-hydrogen) atoms. The third-order valence-electron chi connectivity index (χ3n) is 4.99. The lowest BCUT2D eigenvalue weighted by molar-refractivity contribution is -0.121. The van der Waals surface area contributed by atoms with Gasteiger partial charge < -0.3 is 15.4 Å². The molecule has 1 atom stereocenters. The molecule has 0 fully saturated rings. The minimum absolute atomic E-state index is 0.132. The molecule has 0 bridgehead atoms. The standard InChI is InChI=1S/C26H28N2O3/c1-3-31-22-15-13-21(14-16-22)25(20-10-5-4-6-11-20)28-24(29)17-18-27-26(30)23-12-8-7-9-19(23)2/h4-16,25H,3,17-18H2,1-2H3,(H,27,30)(H,28,29)/t25-/m0/s1. The summed E-state index contributed by atoms with van der Waals surface area (Å²) < 4.78 is 5.52. The van der Waals surface area contributed by atoms with Gasteiger partial charge in [-0.05, 0) is 48.7 Å². The maximum atomic E-state index is 12.7. The lowest BCUT2D eigenvalue weighted by Crippen LogP contribution is -2.33. The van der Waals surface area contributed by atoms with Crippen LogP contribution in [-0.4, -0.2) is 25.0 Å². The van der Waals surface area contributed by atoms with Gasteiger partial charge in [0.15, 0.2) is 0 Å². The van der Waals surface area contributed by atoms with Gasteiger partial charge in [-0.3, -0.25) is 9.59 Å². The second-order valence-electron chi connectivity index (χ2n) is 7.23. The van der Waals surface area contributed by atoms with Crippen molar-refractivity contribution in [1.29, 1.82) is 0 Å². The molecule has 0 aliphatic heterocycles. The minimum Gasteiger partial charge on any atom is -0.494 e. The van der Waals surface area contributed by atoms with Crippen LogP contribution in [0.5, 0.6) is 5.75 Å². The summed E-state index contributed by atoms with van der Waals surface area (Å²) >= 11 is 0. The number of ether oxygens (including phenoxy) is 1. The van der Waals surface area contributed by atoms with Crippen LogP contribution in [0.1, 0.15) is 46.4 Å². The van der Waals surface area contributed by atoms with Gasteiger partial charge in [0.1, 0.15) is 5.75 Å². The highest BCUT2D eigenvalue weighted by molar-refractivity contribution is 5.95. The molecule has 0 aliphatic carbocycles. The van der Waals surface area contributed by atoms with E-state index in [1.807, 2.05) is 86.6 Å². The molecule has 5 nitrogen and oxygen atoms in total. The lowest BCUT2D eigenvalue weighted by Gasteiger charge is -2.20. The molecule has 3 rings (SSSR count). The Morgan fingerprint density at radius 3 is 2.19 bits per heavy atom. The van der Waals surface area contributed by atoms with Crippen LogP contribution in [0.15, 0.2) is 78.9 Å². The number of amides is 2. The van der Waals surface area contributed by atoms with E-state index in [0.29, 0.717) is 12.2 Å². The minimum atomic E-state index is -0.281. The summed E-state index contributed by atoms with van der Waals surface area (Å²) in [6.07, 6.45) is 0.192. The maximum Gasteiger partial charge on any atom is 0.251 e. The second-order valence-corrected chi connectivity index (χ2v) is 7.23. The van der Waals surface area contributed by atoms with Crippen LogP contribution in [0.4, 0.5) is 0 Å². The third kappa shape index (κ3) is 6.19. The zero-order valence-corrected chi connectivity index (χ0v) is 17.9. The second kappa shape index (κ2) is 11.0. The van der Waals surface area contributed by atoms with E-state index in [9.17, 15) is 9.59 Å². The molecule has 0 unspecified atom stereocenters. The molecule has 0 heterocycles. The molecule has 0 saturated heterocycles. The summed E-state index contributed by atoms with van der Waals surface area (Å²) in [5.74, 6) is 0.494. The van der Waals surface area contributed by atoms with E-state index in [4.69, 9.17) is 4.74 Å². The first-order valence-electron chi connectivity index (χ1n) is 10.5. The summed E-state index contributed by atoms with van der Waals surface area (Å²) in [7, 11) is 0. The van der Waals surface area contributed by atoms with Crippen LogP contribution in [-0.2, 0) is 4.79 Å². The number of aryl methyl sites for hydroxylation is 1. The molecule has 2 N–H and O–H groups in total. The number of hydrogen-bond acceptors (Lipinski definition) is 3. The fourth-order valence-corrected chi connectivity index (χ4v) is 3.37. The predicted octanol–water partition coefficient (Wildman–Crippen LogP) is 4.42. The van der Waals surface area contributed by atoms with Crippen molar-refractivity contribution in [2.24, 2.45) is 0 Å². The van der Waals surface area contributed by atoms with E-state index >= 15 is 0 Å². The van der Waals surface area contributed by atoms with Crippen molar-refractivity contribution in [2.75, 3.05) is 13.2 Å². The molecule has 0 spiro atoms. The Morgan fingerprint density at radius 2 is 1.52 bits per heavy atom. The molecule has 5 heteroatoms. The molecule has 0 saturated carbocycles. The van der Waals surface area contributed by atoms with Crippen LogP contribution in [0.3, 0.4) is 0 Å². The molecule has 3 aromatic rings. The number of benzene rings is 3. The highest BCUT2D eigenvalue weighted by Crippen LogP contribution is 2.24. The van der Waals surface area contributed by atoms with Gasteiger partial charge in [0.25, 0.3) is 5.91 Å². The highest BCUT2D eigenvalue weighted by Gasteiger charge is 2.17. The van der Waals surface area contributed by atoms with Crippen molar-refractivity contribution in [1.82, 2.24) is 10.6 Å². The van der Waals surface area contributed by atoms with Crippen molar-refractivity contribution in [3.63, 3.8) is 0 Å². The fraction of sp³-hybridized carbons (Fsp3) is 0.231. The lowest BCUT2D eigenvalue weighted by atomic mass is 9.98. The fourth-order valence-electron chi connectivity index (χ4n) is 3.37. The van der Waals surface area contributed by atoms with Gasteiger partial charge in [0.2, 0.25) is 5.91 Å². The Balaban J connectivity index is 1.63. The first-order valence-corrected chi connectivity index (χ1v) is 10.5. The molecule has 2 amide bonds. The summed E-state index contributed by atoms with van der Waals surface area (Å²) in [5, 5.41) is 5.92. The van der Waals surface area contributed by atoms with Gasteiger partial charge in [-0.15, -0.1) is 0 Å². The topological polar surface area (TPSA) is 67.4 Å². The van der Waals surface area contributed by atoms with Crippen molar-refractivity contribution in [3.8, 4) is 5.75 Å². The van der Waals surface area contributed by atoms with Gasteiger partial charge in [0, 0.05) is 18.5 Å². The maximum absolute atomic E-state index is 12.7. The summed E-state index contributed by atoms with van der Waals surface area (Å²) in [4.78, 5) is 25.0. The van der Waals surface area contributed by atoms with E-state index in [2.05, 4.69) is 10.6 Å². The SMILES string of the molecule is CCOc1ccc([C@@H](NC(=O)CCNC(=O)c2ccccc2C)c2ccccc2)cc1. The van der Waals surface area contributed by atoms with Gasteiger partial charge in [-0.25, -0.2) is 0 Å². The first-order chi connectivity index (χ1) is 15.1. The number of hydrogen-bond donors (Lipinski definition) is 2. The molecule has 0 radical (unpaired) electrons. The van der Waals surface area contributed by atoms with E-state index < -0.39 is 0 Å². The van der Waals surface area contributed by atoms with Crippen molar-refractivity contribution >= 4 is 11.8 Å². The third-order valence-corrected chi connectivity index (χ3v) is 4.99. The number of carbonyl (C=O) groups excluding carboxylic acids is 2. The first kappa shape index (κ1) is 22.1. The van der Waals surface area contributed by atoms with Crippen LogP contribution in [0.2, 0.25) is 0 Å². The molecule has 160 valence electrons. The molecular weight excluding hydrogens is 388 g/mol. The highest BCUT2D eigenvalue weighted by atomic mass is 16.5. The molecule has 3 aromatic carbocycles. The Kier molecular flexibility index (Phi) is 7.82. The normalized spacial score (nSPS) is 11.4. The van der Waals surface area contributed by atoms with Gasteiger partial charge in [-0.1, -0.05) is 60.7 Å². The quantitative estimate of drug-likeness (QED) is 0.543. The summed E-state index contributed by atoms with van der Waals surface area (Å²) in [6.45, 7) is 4.71. The van der Waals surface area contributed by atoms with Crippen molar-refractivity contribution < 1.29 is 14.3 Å². The Labute approximate surface area is 183 Å². The average Bonchev–Trinajstić information content (AvgIpc) is 2.79. The number of rotatable bonds is 9. The largest absolute Gasteiger partial charge is 0.494 e. The Hall–Kier alpha value is -3.60. The summed E-state index contributed by atoms with van der Waals surface area (Å²) in [6, 6.07) is 24.7. The van der Waals surface area contributed by atoms with Crippen LogP contribution in [0.25, 0.3) is 0 Å². The smallest absolute Gasteiger partial charge is 0.251 e. The van der Waals surface area contributed by atoms with Crippen molar-refractivity contribution in [2.45, 2.75) is 26.3 Å². The average molecular weight is 417 g/mol. The Morgan fingerprint density at radius 1 is 0.871 bits per heavy atom. The molecular formula is C26H28N2O3. The van der Waals surface area contributed by atoms with E-state index in [0.717, 1.165) is 22.4 Å². The van der Waals surface area contributed by atoms with Gasteiger partial charge in [0.05, 0.1) is 12.6 Å². The van der Waals surface area contributed by atoms with E-state index in [1.54, 1.807) is 6.07 Å². The zero-order valence-electron chi connectivity index (χ0n) is 17.9. The molecule has 0 aromatic heterocycles. The van der Waals surface area contributed by atoms with Crippen molar-refractivity contribution in [3.05, 3.63) is 101 Å². The van der Waals surface area contributed by atoms with E-state index in [-0.39, 0.29) is 30.8 Å². The Bertz CT molecular complexity index is 1000. The van der Waals surface area contributed by atoms with Gasteiger partial charge in [-0.2, -0.15) is 0 Å². The number of nitrogens with one attached hydrogen (secondary N) is 2. The number of carbonyl (C=O) groups is 2. The monoisotopic (exact) mass is 416 g/mol. The molecule has 0 aliphatic rings. The van der Waals surface area contributed by atoms with Crippen LogP contribution < -0.4 is 15.4 Å². The predicted molar refractivity (Wildman–Crippen MR) is 122 cm³/mol. The van der Waals surface area contributed by atoms with Crippen LogP contribution in [0, 0.1) is 6.92 Å². The summed E-state index contributed by atoms with van der Waals surface area (Å²) in [5.41, 5.74) is 3.49. The van der Waals surface area contributed by atoms with Crippen LogP contribution >= 0.6 is 0 Å². The van der Waals surface area contributed by atoms with Gasteiger partial charge >= 0.3 is 0 Å². The zero-order chi connectivity index (χ0) is 22.1. The van der Waals surface area contributed by atoms with E-state index in [1.165, 1.54) is 0 Å².